The third kappa shape index (κ3) is 3.86. The number of rotatable bonds is 5. The Kier molecular flexibility index (Phi) is 4.80. The number of carbonyl (C=O) groups is 2. The molecule has 0 saturated heterocycles. The summed E-state index contributed by atoms with van der Waals surface area (Å²) >= 11 is 0. The van der Waals surface area contributed by atoms with Gasteiger partial charge in [-0.05, 0) is 41.5 Å². The largest absolute Gasteiger partial charge is 0.487 e. The first-order chi connectivity index (χ1) is 12.0. The molecule has 25 heavy (non-hydrogen) atoms. The zero-order chi connectivity index (χ0) is 17.8. The van der Waals surface area contributed by atoms with Crippen molar-refractivity contribution >= 4 is 28.2 Å². The second-order valence-corrected chi connectivity index (χ2v) is 5.88. The average Bonchev–Trinajstić information content (AvgIpc) is 2.60. The molecule has 0 unspecified atom stereocenters. The van der Waals surface area contributed by atoms with Crippen molar-refractivity contribution in [3.8, 4) is 5.75 Å². The fourth-order valence-electron chi connectivity index (χ4n) is 2.73. The lowest BCUT2D eigenvalue weighted by Gasteiger charge is -2.14. The summed E-state index contributed by atoms with van der Waals surface area (Å²) in [6, 6.07) is 19.2. The number of nitrogens with one attached hydrogen (secondary N) is 1. The molecule has 4 nitrogen and oxygen atoms in total. The molecule has 126 valence electrons. The van der Waals surface area contributed by atoms with Gasteiger partial charge in [0.05, 0.1) is 5.69 Å². The minimum absolute atomic E-state index is 0.0515. The Bertz CT molecular complexity index is 942. The van der Waals surface area contributed by atoms with E-state index in [1.807, 2.05) is 24.3 Å². The van der Waals surface area contributed by atoms with E-state index in [2.05, 4.69) is 23.5 Å². The van der Waals surface area contributed by atoms with Crippen LogP contribution >= 0.6 is 0 Å². The van der Waals surface area contributed by atoms with E-state index >= 15 is 0 Å². The maximum Gasteiger partial charge on any atom is 0.221 e. The first kappa shape index (κ1) is 16.7. The van der Waals surface area contributed by atoms with Crippen molar-refractivity contribution in [3.63, 3.8) is 0 Å². The molecule has 0 saturated carbocycles. The molecule has 3 aromatic carbocycles. The molecule has 0 atom stereocenters. The predicted molar refractivity (Wildman–Crippen MR) is 99.0 cm³/mol. The summed E-state index contributed by atoms with van der Waals surface area (Å²) in [6.45, 7) is 3.28. The van der Waals surface area contributed by atoms with Gasteiger partial charge in [-0.2, -0.15) is 0 Å². The number of hydrogen-bond acceptors (Lipinski definition) is 3. The normalized spacial score (nSPS) is 10.5. The lowest BCUT2D eigenvalue weighted by molar-refractivity contribution is -0.114. The summed E-state index contributed by atoms with van der Waals surface area (Å²) in [5.74, 6) is 0.241. The van der Waals surface area contributed by atoms with E-state index < -0.39 is 0 Å². The second-order valence-electron chi connectivity index (χ2n) is 5.88. The van der Waals surface area contributed by atoms with Crippen molar-refractivity contribution in [2.45, 2.75) is 20.5 Å². The number of anilines is 1. The van der Waals surface area contributed by atoms with Gasteiger partial charge in [-0.25, -0.2) is 0 Å². The zero-order valence-electron chi connectivity index (χ0n) is 14.2. The number of carbonyl (C=O) groups excluding carboxylic acids is 2. The molecule has 3 aromatic rings. The summed E-state index contributed by atoms with van der Waals surface area (Å²) in [6.07, 6.45) is 0. The Labute approximate surface area is 146 Å². The number of Topliss-reactive ketones (excluding diaryl/α,β-unsaturated/α-hetero) is 1. The first-order valence-electron chi connectivity index (χ1n) is 8.06. The van der Waals surface area contributed by atoms with Crippen molar-refractivity contribution < 1.29 is 14.3 Å². The minimum Gasteiger partial charge on any atom is -0.487 e. The fourth-order valence-corrected chi connectivity index (χ4v) is 2.73. The fraction of sp³-hybridized carbons (Fsp3) is 0.143. The van der Waals surface area contributed by atoms with Gasteiger partial charge in [0.25, 0.3) is 0 Å². The van der Waals surface area contributed by atoms with Crippen molar-refractivity contribution in [1.29, 1.82) is 0 Å². The van der Waals surface area contributed by atoms with E-state index in [4.69, 9.17) is 4.74 Å². The molecule has 0 aromatic heterocycles. The van der Waals surface area contributed by atoms with Crippen LogP contribution in [0.5, 0.6) is 5.75 Å². The number of amides is 1. The quantitative estimate of drug-likeness (QED) is 0.695. The lowest BCUT2D eigenvalue weighted by atomic mass is 10.1. The summed E-state index contributed by atoms with van der Waals surface area (Å²) in [7, 11) is 0. The van der Waals surface area contributed by atoms with Gasteiger partial charge in [0.15, 0.2) is 5.78 Å². The van der Waals surface area contributed by atoms with E-state index in [1.54, 1.807) is 18.2 Å². The molecule has 0 heterocycles. The summed E-state index contributed by atoms with van der Waals surface area (Å²) in [5.41, 5.74) is 2.14. The standard InChI is InChI=1S/C21H19NO3/c1-14(23)17-10-11-20(22-15(2)24)21(12-17)25-13-18-8-5-7-16-6-3-4-9-19(16)18/h3-12H,13H2,1-2H3,(H,22,24). The monoisotopic (exact) mass is 333 g/mol. The molecular weight excluding hydrogens is 314 g/mol. The molecule has 0 spiro atoms. The highest BCUT2D eigenvalue weighted by molar-refractivity contribution is 5.96. The average molecular weight is 333 g/mol. The van der Waals surface area contributed by atoms with Gasteiger partial charge in [0, 0.05) is 12.5 Å². The van der Waals surface area contributed by atoms with Gasteiger partial charge in [0.1, 0.15) is 12.4 Å². The predicted octanol–water partition coefficient (Wildman–Crippen LogP) is 4.58. The molecule has 1 amide bonds. The number of hydrogen-bond donors (Lipinski definition) is 1. The Balaban J connectivity index is 1.91. The smallest absolute Gasteiger partial charge is 0.221 e. The van der Waals surface area contributed by atoms with Crippen LogP contribution in [0.15, 0.2) is 60.7 Å². The number of benzene rings is 3. The molecule has 0 fully saturated rings. The van der Waals surface area contributed by atoms with E-state index in [-0.39, 0.29) is 11.7 Å². The van der Waals surface area contributed by atoms with Gasteiger partial charge in [-0.1, -0.05) is 42.5 Å². The Morgan fingerprint density at radius 1 is 0.960 bits per heavy atom. The minimum atomic E-state index is -0.189. The van der Waals surface area contributed by atoms with Gasteiger partial charge >= 0.3 is 0 Å². The second kappa shape index (κ2) is 7.18. The van der Waals surface area contributed by atoms with E-state index in [1.165, 1.54) is 13.8 Å². The summed E-state index contributed by atoms with van der Waals surface area (Å²) < 4.78 is 5.96. The Hall–Kier alpha value is -3.14. The van der Waals surface area contributed by atoms with Crippen LogP contribution in [0.1, 0.15) is 29.8 Å². The maximum atomic E-state index is 11.6. The zero-order valence-corrected chi connectivity index (χ0v) is 14.2. The molecule has 3 rings (SSSR count). The topological polar surface area (TPSA) is 55.4 Å². The van der Waals surface area contributed by atoms with Gasteiger partial charge in [0.2, 0.25) is 5.91 Å². The van der Waals surface area contributed by atoms with E-state index in [0.29, 0.717) is 23.6 Å². The SMILES string of the molecule is CC(=O)Nc1ccc(C(C)=O)cc1OCc1cccc2ccccc12. The maximum absolute atomic E-state index is 11.6. The highest BCUT2D eigenvalue weighted by Crippen LogP contribution is 2.28. The number of fused-ring (bicyclic) bond motifs is 1. The number of ketones is 1. The van der Waals surface area contributed by atoms with E-state index in [9.17, 15) is 9.59 Å². The highest BCUT2D eigenvalue weighted by Gasteiger charge is 2.10. The Morgan fingerprint density at radius 3 is 2.48 bits per heavy atom. The first-order valence-corrected chi connectivity index (χ1v) is 8.06. The summed E-state index contributed by atoms with van der Waals surface area (Å²) in [4.78, 5) is 23.0. The van der Waals surface area contributed by atoms with Gasteiger partial charge < -0.3 is 10.1 Å². The Morgan fingerprint density at radius 2 is 1.72 bits per heavy atom. The molecule has 0 aliphatic heterocycles. The van der Waals surface area contributed by atoms with Crippen LogP contribution < -0.4 is 10.1 Å². The van der Waals surface area contributed by atoms with Crippen LogP contribution in [0.3, 0.4) is 0 Å². The molecule has 0 radical (unpaired) electrons. The molecule has 0 bridgehead atoms. The molecule has 4 heteroatoms. The molecular formula is C21H19NO3. The van der Waals surface area contributed by atoms with Gasteiger partial charge in [-0.3, -0.25) is 9.59 Å². The van der Waals surface area contributed by atoms with Crippen LogP contribution in [0.2, 0.25) is 0 Å². The van der Waals surface area contributed by atoms with Crippen LogP contribution in [-0.4, -0.2) is 11.7 Å². The number of ether oxygens (including phenoxy) is 1. The molecule has 1 N–H and O–H groups in total. The van der Waals surface area contributed by atoms with E-state index in [0.717, 1.165) is 16.3 Å². The third-order valence-electron chi connectivity index (χ3n) is 3.96. The van der Waals surface area contributed by atoms with Crippen molar-refractivity contribution in [1.82, 2.24) is 0 Å². The van der Waals surface area contributed by atoms with Gasteiger partial charge in [-0.15, -0.1) is 0 Å². The van der Waals surface area contributed by atoms with Crippen molar-refractivity contribution in [2.75, 3.05) is 5.32 Å². The van der Waals surface area contributed by atoms with Crippen LogP contribution in [0.25, 0.3) is 10.8 Å². The summed E-state index contributed by atoms with van der Waals surface area (Å²) in [5, 5.41) is 5.00. The van der Waals surface area contributed by atoms with Crippen molar-refractivity contribution in [2.24, 2.45) is 0 Å². The lowest BCUT2D eigenvalue weighted by Crippen LogP contribution is -2.09. The van der Waals surface area contributed by atoms with Crippen LogP contribution in [0.4, 0.5) is 5.69 Å². The van der Waals surface area contributed by atoms with Crippen LogP contribution in [-0.2, 0) is 11.4 Å². The molecule has 0 aliphatic rings. The highest BCUT2D eigenvalue weighted by atomic mass is 16.5. The third-order valence-corrected chi connectivity index (χ3v) is 3.96. The van der Waals surface area contributed by atoms with Crippen LogP contribution in [0, 0.1) is 0 Å². The van der Waals surface area contributed by atoms with Crippen molar-refractivity contribution in [3.05, 3.63) is 71.8 Å². The molecule has 0 aliphatic carbocycles.